The van der Waals surface area contributed by atoms with E-state index in [9.17, 15) is 22.8 Å². The molecule has 1 aromatic rings. The number of fused-ring (bicyclic) bond motifs is 2. The third kappa shape index (κ3) is 10.0. The zero-order valence-electron chi connectivity index (χ0n) is 25.6. The molecular weight excluding hydrogens is 572 g/mol. The van der Waals surface area contributed by atoms with Gasteiger partial charge in [0.25, 0.3) is 10.1 Å². The van der Waals surface area contributed by atoms with Crippen molar-refractivity contribution in [3.63, 3.8) is 0 Å². The van der Waals surface area contributed by atoms with Crippen molar-refractivity contribution in [1.29, 1.82) is 0 Å². The van der Waals surface area contributed by atoms with Crippen molar-refractivity contribution in [3.05, 3.63) is 35.4 Å². The molecule has 0 unspecified atom stereocenters. The van der Waals surface area contributed by atoms with Gasteiger partial charge in [-0.05, 0) is 49.1 Å². The number of hydrogen-bond acceptors (Lipinski definition) is 8. The van der Waals surface area contributed by atoms with Crippen LogP contribution in [0.1, 0.15) is 81.8 Å². The van der Waals surface area contributed by atoms with Gasteiger partial charge in [0.05, 0.1) is 38.1 Å². The summed E-state index contributed by atoms with van der Waals surface area (Å²) in [5.41, 5.74) is 2.07. The maximum atomic E-state index is 13.7. The predicted octanol–water partition coefficient (Wildman–Crippen LogP) is 3.46. The lowest BCUT2D eigenvalue weighted by atomic mass is 9.75. The first-order chi connectivity index (χ1) is 20.6. The third-order valence-corrected chi connectivity index (χ3v) is 9.84. The standard InChI is InChI=1S/C32H48N2O8S/c1-40-29(35)18-15-23-13-6-7-14-24(23)20-25-27-16-17-28(42-27)30(25)32(37)34-26(21-41-43(2,38)39)31(36)33-19-9-8-12-22-10-4-3-5-11-22/h6-7,13-14,22,25-28,30H,3-5,8-12,15-21H2,1-2H3,(H,33,36)(H,34,37)/t25-,26-,27-,28+,30-/m0/s1. The lowest BCUT2D eigenvalue weighted by molar-refractivity contribution is -0.140. The number of rotatable bonds is 16. The first-order valence-corrected chi connectivity index (χ1v) is 17.7. The first-order valence-electron chi connectivity index (χ1n) is 15.9. The van der Waals surface area contributed by atoms with Gasteiger partial charge in [-0.1, -0.05) is 69.2 Å². The number of amides is 2. The minimum absolute atomic E-state index is 0.0851. The van der Waals surface area contributed by atoms with E-state index < -0.39 is 34.6 Å². The summed E-state index contributed by atoms with van der Waals surface area (Å²) in [4.78, 5) is 38.6. The highest BCUT2D eigenvalue weighted by Gasteiger charge is 2.52. The second-order valence-electron chi connectivity index (χ2n) is 12.4. The first kappa shape index (κ1) is 33.4. The number of carbonyl (C=O) groups is 3. The van der Waals surface area contributed by atoms with E-state index in [2.05, 4.69) is 10.6 Å². The normalized spacial score (nSPS) is 24.4. The summed E-state index contributed by atoms with van der Waals surface area (Å²) in [6, 6.07) is 6.72. The van der Waals surface area contributed by atoms with Crippen LogP contribution >= 0.6 is 0 Å². The minimum atomic E-state index is -3.82. The van der Waals surface area contributed by atoms with Crippen LogP contribution in [0, 0.1) is 17.8 Å². The molecule has 3 fully saturated rings. The Hall–Kier alpha value is -2.50. The minimum Gasteiger partial charge on any atom is -0.469 e. The number of methoxy groups -OCH3 is 1. The van der Waals surface area contributed by atoms with Crippen LogP contribution in [0.25, 0.3) is 0 Å². The molecule has 3 aliphatic rings. The van der Waals surface area contributed by atoms with Crippen LogP contribution in [0.5, 0.6) is 0 Å². The average molecular weight is 621 g/mol. The summed E-state index contributed by atoms with van der Waals surface area (Å²) in [5.74, 6) is -0.896. The smallest absolute Gasteiger partial charge is 0.305 e. The molecule has 10 nitrogen and oxygen atoms in total. The van der Waals surface area contributed by atoms with Gasteiger partial charge in [-0.2, -0.15) is 8.42 Å². The highest BCUT2D eigenvalue weighted by molar-refractivity contribution is 7.85. The van der Waals surface area contributed by atoms with E-state index in [0.717, 1.165) is 55.4 Å². The molecule has 2 aliphatic heterocycles. The molecular formula is C32H48N2O8S. The largest absolute Gasteiger partial charge is 0.469 e. The summed E-state index contributed by atoms with van der Waals surface area (Å²) in [7, 11) is -2.44. The highest BCUT2D eigenvalue weighted by atomic mass is 32.2. The second-order valence-corrected chi connectivity index (χ2v) is 14.0. The molecule has 2 heterocycles. The third-order valence-electron chi connectivity index (χ3n) is 9.27. The van der Waals surface area contributed by atoms with Crippen molar-refractivity contribution in [2.75, 3.05) is 26.5 Å². The molecule has 2 saturated heterocycles. The van der Waals surface area contributed by atoms with E-state index in [1.54, 1.807) is 0 Å². The van der Waals surface area contributed by atoms with Crippen molar-refractivity contribution in [3.8, 4) is 0 Å². The monoisotopic (exact) mass is 620 g/mol. The van der Waals surface area contributed by atoms with Crippen LogP contribution < -0.4 is 10.6 Å². The van der Waals surface area contributed by atoms with E-state index in [0.29, 0.717) is 19.4 Å². The molecule has 0 radical (unpaired) electrons. The van der Waals surface area contributed by atoms with Gasteiger partial charge in [0, 0.05) is 18.9 Å². The van der Waals surface area contributed by atoms with Gasteiger partial charge in [0.2, 0.25) is 11.8 Å². The number of aryl methyl sites for hydroxylation is 1. The molecule has 11 heteroatoms. The van der Waals surface area contributed by atoms with E-state index in [1.807, 2.05) is 24.3 Å². The fraction of sp³-hybridized carbons (Fsp3) is 0.719. The molecule has 2 amide bonds. The van der Waals surface area contributed by atoms with E-state index in [1.165, 1.54) is 39.2 Å². The van der Waals surface area contributed by atoms with Crippen LogP contribution in [0.3, 0.4) is 0 Å². The highest BCUT2D eigenvalue weighted by Crippen LogP contribution is 2.45. The summed E-state index contributed by atoms with van der Waals surface area (Å²) in [6.07, 6.45) is 13.1. The Labute approximate surface area is 256 Å². The summed E-state index contributed by atoms with van der Waals surface area (Å²) >= 11 is 0. The second kappa shape index (κ2) is 16.0. The quantitative estimate of drug-likeness (QED) is 0.163. The number of ether oxygens (including phenoxy) is 2. The van der Waals surface area contributed by atoms with Gasteiger partial charge < -0.3 is 20.1 Å². The van der Waals surface area contributed by atoms with E-state index >= 15 is 0 Å². The Morgan fingerprint density at radius 1 is 1.00 bits per heavy atom. The van der Waals surface area contributed by atoms with Crippen molar-refractivity contribution in [2.24, 2.45) is 17.8 Å². The molecule has 43 heavy (non-hydrogen) atoms. The van der Waals surface area contributed by atoms with Gasteiger partial charge >= 0.3 is 5.97 Å². The van der Waals surface area contributed by atoms with Crippen LogP contribution in [0.15, 0.2) is 24.3 Å². The molecule has 0 spiro atoms. The Kier molecular flexibility index (Phi) is 12.4. The lowest BCUT2D eigenvalue weighted by Crippen LogP contribution is -2.53. The molecule has 2 bridgehead atoms. The Bertz CT molecular complexity index is 1200. The number of carbonyl (C=O) groups excluding carboxylic acids is 3. The van der Waals surface area contributed by atoms with Crippen LogP contribution in [0.4, 0.5) is 0 Å². The van der Waals surface area contributed by atoms with Crippen molar-refractivity contribution in [2.45, 2.75) is 102 Å². The molecule has 0 aromatic heterocycles. The van der Waals surface area contributed by atoms with Gasteiger partial charge in [-0.15, -0.1) is 0 Å². The maximum Gasteiger partial charge on any atom is 0.305 e. The van der Waals surface area contributed by atoms with E-state index in [-0.39, 0.29) is 36.4 Å². The zero-order chi connectivity index (χ0) is 30.8. The van der Waals surface area contributed by atoms with Gasteiger partial charge in [0.1, 0.15) is 6.04 Å². The molecule has 5 atom stereocenters. The van der Waals surface area contributed by atoms with Crippen molar-refractivity contribution >= 4 is 27.9 Å². The van der Waals surface area contributed by atoms with Crippen molar-refractivity contribution in [1.82, 2.24) is 10.6 Å². The summed E-state index contributed by atoms with van der Waals surface area (Å²) in [5, 5.41) is 5.68. The Morgan fingerprint density at radius 3 is 2.44 bits per heavy atom. The molecule has 240 valence electrons. The molecule has 1 aliphatic carbocycles. The Balaban J connectivity index is 1.37. The topological polar surface area (TPSA) is 137 Å². The van der Waals surface area contributed by atoms with Crippen molar-refractivity contribution < 1.29 is 36.5 Å². The molecule has 1 aromatic carbocycles. The van der Waals surface area contributed by atoms with Crippen LogP contribution in [-0.2, 0) is 51.0 Å². The van der Waals surface area contributed by atoms with E-state index in [4.69, 9.17) is 13.7 Å². The Morgan fingerprint density at radius 2 is 1.72 bits per heavy atom. The fourth-order valence-electron chi connectivity index (χ4n) is 7.00. The van der Waals surface area contributed by atoms with Crippen LogP contribution in [-0.4, -0.2) is 71.0 Å². The number of hydrogen-bond donors (Lipinski definition) is 2. The number of unbranched alkanes of at least 4 members (excludes halogenated alkanes) is 1. The SMILES string of the molecule is COC(=O)CCc1ccccc1C[C@@H]1[C@H](C(=O)N[C@@H](COS(C)(=O)=O)C(=O)NCCCCC2CCCCC2)[C@H]2CC[C@@H]1O2. The predicted molar refractivity (Wildman–Crippen MR) is 162 cm³/mol. The van der Waals surface area contributed by atoms with Gasteiger partial charge in [-0.25, -0.2) is 0 Å². The summed E-state index contributed by atoms with van der Waals surface area (Å²) in [6.45, 7) is -0.0137. The fourth-order valence-corrected chi connectivity index (χ4v) is 7.38. The van der Waals surface area contributed by atoms with Crippen LogP contribution in [0.2, 0.25) is 0 Å². The number of benzene rings is 1. The average Bonchev–Trinajstić information content (AvgIpc) is 3.60. The summed E-state index contributed by atoms with van der Waals surface area (Å²) < 4.78 is 39.4. The molecule has 2 N–H and O–H groups in total. The molecule has 1 saturated carbocycles. The van der Waals surface area contributed by atoms with Gasteiger partial charge in [-0.3, -0.25) is 18.6 Å². The number of esters is 1. The zero-order valence-corrected chi connectivity index (χ0v) is 26.4. The lowest BCUT2D eigenvalue weighted by Gasteiger charge is -2.29. The van der Waals surface area contributed by atoms with Gasteiger partial charge in [0.15, 0.2) is 0 Å². The molecule has 4 rings (SSSR count). The number of nitrogens with one attached hydrogen (secondary N) is 2. The maximum absolute atomic E-state index is 13.7.